The first-order chi connectivity index (χ1) is 11.2. The summed E-state index contributed by atoms with van der Waals surface area (Å²) in [7, 11) is 0. The van der Waals surface area contributed by atoms with Crippen molar-refractivity contribution in [3.63, 3.8) is 0 Å². The van der Waals surface area contributed by atoms with Crippen LogP contribution in [0.5, 0.6) is 5.75 Å². The summed E-state index contributed by atoms with van der Waals surface area (Å²) in [6.07, 6.45) is 1.78. The van der Waals surface area contributed by atoms with Gasteiger partial charge in [-0.05, 0) is 36.6 Å². The van der Waals surface area contributed by atoms with Gasteiger partial charge in [-0.3, -0.25) is 4.79 Å². The van der Waals surface area contributed by atoms with Crippen LogP contribution in [0.15, 0.2) is 63.8 Å². The van der Waals surface area contributed by atoms with E-state index in [1.165, 1.54) is 0 Å². The van der Waals surface area contributed by atoms with Gasteiger partial charge in [-0.1, -0.05) is 30.3 Å². The molecule has 1 saturated carbocycles. The zero-order valence-corrected chi connectivity index (χ0v) is 12.3. The minimum atomic E-state index is -0.408. The standard InChI is InChI=1S/C19H14O4/c20-18(13-6-7-13)22-15-9-8-14-10-16(12-4-2-1-3-5-12)19(21)23-17(14)11-15/h1-5,8-11,13H,6-7H2. The van der Waals surface area contributed by atoms with E-state index in [1.54, 1.807) is 24.3 Å². The third kappa shape index (κ3) is 2.75. The summed E-state index contributed by atoms with van der Waals surface area (Å²) in [5, 5.41) is 0.787. The van der Waals surface area contributed by atoms with Crippen molar-refractivity contribution >= 4 is 16.9 Å². The van der Waals surface area contributed by atoms with Crippen LogP contribution in [0, 0.1) is 5.92 Å². The summed E-state index contributed by atoms with van der Waals surface area (Å²) in [6, 6.07) is 16.3. The lowest BCUT2D eigenvalue weighted by Crippen LogP contribution is -2.09. The highest BCUT2D eigenvalue weighted by Gasteiger charge is 2.31. The minimum absolute atomic E-state index is 0.0261. The Labute approximate surface area is 132 Å². The second-order valence-corrected chi connectivity index (χ2v) is 5.71. The number of hydrogen-bond acceptors (Lipinski definition) is 4. The number of ether oxygens (including phenoxy) is 1. The molecule has 0 unspecified atom stereocenters. The van der Waals surface area contributed by atoms with E-state index in [-0.39, 0.29) is 11.9 Å². The molecule has 3 aromatic rings. The zero-order valence-electron chi connectivity index (χ0n) is 12.3. The molecule has 4 rings (SSSR count). The molecule has 2 aromatic carbocycles. The number of hydrogen-bond donors (Lipinski definition) is 0. The number of fused-ring (bicyclic) bond motifs is 1. The molecule has 0 aliphatic heterocycles. The smallest absolute Gasteiger partial charge is 0.344 e. The fraction of sp³-hybridized carbons (Fsp3) is 0.158. The van der Waals surface area contributed by atoms with Crippen LogP contribution in [0.1, 0.15) is 12.8 Å². The maximum absolute atomic E-state index is 12.2. The van der Waals surface area contributed by atoms with Crippen LogP contribution in [0.3, 0.4) is 0 Å². The number of carbonyl (C=O) groups is 1. The minimum Gasteiger partial charge on any atom is -0.426 e. The fourth-order valence-electron chi connectivity index (χ4n) is 2.49. The molecule has 1 fully saturated rings. The van der Waals surface area contributed by atoms with Crippen LogP contribution in [-0.2, 0) is 4.79 Å². The lowest BCUT2D eigenvalue weighted by molar-refractivity contribution is -0.135. The molecule has 0 bridgehead atoms. The molecule has 4 nitrogen and oxygen atoms in total. The van der Waals surface area contributed by atoms with Crippen LogP contribution in [-0.4, -0.2) is 5.97 Å². The van der Waals surface area contributed by atoms with Crippen LogP contribution >= 0.6 is 0 Å². The molecule has 0 N–H and O–H groups in total. The third-order valence-electron chi connectivity index (χ3n) is 3.92. The number of carbonyl (C=O) groups excluding carboxylic acids is 1. The van der Waals surface area contributed by atoms with E-state index in [0.29, 0.717) is 16.9 Å². The van der Waals surface area contributed by atoms with Gasteiger partial charge in [-0.25, -0.2) is 4.79 Å². The molecular formula is C19H14O4. The molecule has 1 aliphatic rings. The van der Waals surface area contributed by atoms with Crippen molar-refractivity contribution in [3.05, 3.63) is 65.0 Å². The van der Waals surface area contributed by atoms with Gasteiger partial charge in [0.1, 0.15) is 11.3 Å². The van der Waals surface area contributed by atoms with E-state index in [2.05, 4.69) is 0 Å². The van der Waals surface area contributed by atoms with E-state index in [9.17, 15) is 9.59 Å². The van der Waals surface area contributed by atoms with Gasteiger partial charge in [0.25, 0.3) is 0 Å². The van der Waals surface area contributed by atoms with E-state index in [4.69, 9.17) is 9.15 Å². The van der Waals surface area contributed by atoms with Gasteiger partial charge in [0.05, 0.1) is 11.5 Å². The maximum atomic E-state index is 12.2. The number of esters is 1. The van der Waals surface area contributed by atoms with E-state index in [1.807, 2.05) is 30.3 Å². The van der Waals surface area contributed by atoms with Crippen molar-refractivity contribution in [2.75, 3.05) is 0 Å². The van der Waals surface area contributed by atoms with Gasteiger partial charge in [0.15, 0.2) is 0 Å². The Balaban J connectivity index is 1.73. The van der Waals surface area contributed by atoms with Crippen LogP contribution in [0.2, 0.25) is 0 Å². The summed E-state index contributed by atoms with van der Waals surface area (Å²) in [6.45, 7) is 0. The van der Waals surface area contributed by atoms with Crippen molar-refractivity contribution < 1.29 is 13.9 Å². The predicted molar refractivity (Wildman–Crippen MR) is 86.3 cm³/mol. The van der Waals surface area contributed by atoms with Gasteiger partial charge in [0.2, 0.25) is 0 Å². The summed E-state index contributed by atoms with van der Waals surface area (Å²) >= 11 is 0. The van der Waals surface area contributed by atoms with Gasteiger partial charge >= 0.3 is 11.6 Å². The number of benzene rings is 2. The summed E-state index contributed by atoms with van der Waals surface area (Å²) in [5.74, 6) is 0.218. The summed E-state index contributed by atoms with van der Waals surface area (Å²) in [4.78, 5) is 23.9. The van der Waals surface area contributed by atoms with Crippen molar-refractivity contribution in [2.24, 2.45) is 5.92 Å². The van der Waals surface area contributed by atoms with E-state index in [0.717, 1.165) is 23.8 Å². The molecule has 0 radical (unpaired) electrons. The van der Waals surface area contributed by atoms with Gasteiger partial charge in [-0.15, -0.1) is 0 Å². The Morgan fingerprint density at radius 2 is 1.83 bits per heavy atom. The van der Waals surface area contributed by atoms with Gasteiger partial charge < -0.3 is 9.15 Å². The molecule has 0 amide bonds. The molecule has 0 atom stereocenters. The quantitative estimate of drug-likeness (QED) is 0.420. The Bertz CT molecular complexity index is 936. The average molecular weight is 306 g/mol. The maximum Gasteiger partial charge on any atom is 0.344 e. The Kier molecular flexibility index (Phi) is 3.23. The monoisotopic (exact) mass is 306 g/mol. The molecule has 23 heavy (non-hydrogen) atoms. The van der Waals surface area contributed by atoms with Gasteiger partial charge in [0, 0.05) is 11.5 Å². The normalized spacial score (nSPS) is 13.9. The zero-order chi connectivity index (χ0) is 15.8. The van der Waals surface area contributed by atoms with E-state index >= 15 is 0 Å². The van der Waals surface area contributed by atoms with Gasteiger partial charge in [-0.2, -0.15) is 0 Å². The molecule has 0 saturated heterocycles. The lowest BCUT2D eigenvalue weighted by Gasteiger charge is -2.06. The molecular weight excluding hydrogens is 292 g/mol. The SMILES string of the molecule is O=C(Oc1ccc2cc(-c3ccccc3)c(=O)oc2c1)C1CC1. The molecule has 114 valence electrons. The first-order valence-corrected chi connectivity index (χ1v) is 7.56. The summed E-state index contributed by atoms with van der Waals surface area (Å²) in [5.41, 5.74) is 1.33. The number of rotatable bonds is 3. The van der Waals surface area contributed by atoms with Crippen molar-refractivity contribution in [1.29, 1.82) is 0 Å². The third-order valence-corrected chi connectivity index (χ3v) is 3.92. The first kappa shape index (κ1) is 13.8. The van der Waals surface area contributed by atoms with Crippen LogP contribution in [0.4, 0.5) is 0 Å². The Morgan fingerprint density at radius 1 is 1.04 bits per heavy atom. The van der Waals surface area contributed by atoms with Crippen LogP contribution in [0.25, 0.3) is 22.1 Å². The highest BCUT2D eigenvalue weighted by atomic mass is 16.5. The van der Waals surface area contributed by atoms with Crippen LogP contribution < -0.4 is 10.4 Å². The largest absolute Gasteiger partial charge is 0.426 e. The first-order valence-electron chi connectivity index (χ1n) is 7.56. The van der Waals surface area contributed by atoms with Crippen molar-refractivity contribution in [1.82, 2.24) is 0 Å². The molecule has 0 spiro atoms. The van der Waals surface area contributed by atoms with E-state index < -0.39 is 5.63 Å². The molecule has 1 aromatic heterocycles. The van der Waals surface area contributed by atoms with Crippen molar-refractivity contribution in [2.45, 2.75) is 12.8 Å². The fourth-order valence-corrected chi connectivity index (χ4v) is 2.49. The Morgan fingerprint density at radius 3 is 2.57 bits per heavy atom. The predicted octanol–water partition coefficient (Wildman–Crippen LogP) is 3.78. The average Bonchev–Trinajstić information content (AvgIpc) is 3.40. The molecule has 4 heteroatoms. The second kappa shape index (κ2) is 5.39. The molecule has 1 aliphatic carbocycles. The van der Waals surface area contributed by atoms with Crippen molar-refractivity contribution in [3.8, 4) is 16.9 Å². The summed E-state index contributed by atoms with van der Waals surface area (Å²) < 4.78 is 10.7. The second-order valence-electron chi connectivity index (χ2n) is 5.71. The highest BCUT2D eigenvalue weighted by molar-refractivity contribution is 5.84. The highest BCUT2D eigenvalue weighted by Crippen LogP contribution is 2.31. The topological polar surface area (TPSA) is 56.5 Å². The Hall–Kier alpha value is -2.88. The lowest BCUT2D eigenvalue weighted by atomic mass is 10.1. The molecule has 1 heterocycles.